The summed E-state index contributed by atoms with van der Waals surface area (Å²) in [6, 6.07) is 1.42. The molecule has 2 unspecified atom stereocenters. The van der Waals surface area contributed by atoms with Gasteiger partial charge in [-0.25, -0.2) is 5.84 Å². The summed E-state index contributed by atoms with van der Waals surface area (Å²) in [5.41, 5.74) is 2.54. The van der Waals surface area contributed by atoms with E-state index in [4.69, 9.17) is 5.84 Å². The van der Waals surface area contributed by atoms with Gasteiger partial charge in [-0.3, -0.25) is 15.2 Å². The predicted octanol–water partition coefficient (Wildman–Crippen LogP) is -0.526. The highest BCUT2D eigenvalue weighted by Gasteiger charge is 2.18. The van der Waals surface area contributed by atoms with Crippen molar-refractivity contribution in [2.45, 2.75) is 12.2 Å². The number of carbonyl (C=O) groups is 1. The van der Waals surface area contributed by atoms with Crippen molar-refractivity contribution in [3.8, 4) is 0 Å². The summed E-state index contributed by atoms with van der Waals surface area (Å²) in [4.78, 5) is 15.0. The van der Waals surface area contributed by atoms with E-state index in [1.807, 2.05) is 5.43 Å². The summed E-state index contributed by atoms with van der Waals surface area (Å²) in [5.74, 6) is 4.46. The molecule has 0 saturated heterocycles. The van der Waals surface area contributed by atoms with Gasteiger partial charge in [0.2, 0.25) is 0 Å². The first-order valence-corrected chi connectivity index (χ1v) is 5.60. The molecule has 1 amide bonds. The Kier molecular flexibility index (Phi) is 4.81. The number of nitrogens with one attached hydrogen (secondary N) is 1. The van der Waals surface area contributed by atoms with E-state index < -0.39 is 18.1 Å². The van der Waals surface area contributed by atoms with Crippen LogP contribution in [0.2, 0.25) is 0 Å². The van der Waals surface area contributed by atoms with E-state index in [1.54, 1.807) is 0 Å². The van der Waals surface area contributed by atoms with Gasteiger partial charge in [0.1, 0.15) is 6.10 Å². The van der Waals surface area contributed by atoms with Crippen LogP contribution in [0, 0.1) is 0 Å². The summed E-state index contributed by atoms with van der Waals surface area (Å²) < 4.78 is 0. The zero-order valence-electron chi connectivity index (χ0n) is 8.30. The van der Waals surface area contributed by atoms with Gasteiger partial charge in [0, 0.05) is 23.3 Å². The van der Waals surface area contributed by atoms with Crippen LogP contribution in [0.4, 0.5) is 0 Å². The molecule has 0 aliphatic heterocycles. The average molecular weight is 290 g/mol. The number of rotatable bonds is 4. The topological polar surface area (TPSA) is 108 Å². The van der Waals surface area contributed by atoms with Crippen molar-refractivity contribution in [3.05, 3.63) is 29.6 Å². The number of nitrogens with zero attached hydrogens (tertiary/aromatic N) is 1. The molecular formula is C9H12BrN3O3. The van der Waals surface area contributed by atoms with Crippen LogP contribution in [0.5, 0.6) is 0 Å². The van der Waals surface area contributed by atoms with Crippen molar-refractivity contribution in [1.82, 2.24) is 10.4 Å². The zero-order valence-corrected chi connectivity index (χ0v) is 9.89. The molecule has 7 heteroatoms. The number of amides is 1. The van der Waals surface area contributed by atoms with Crippen molar-refractivity contribution in [3.63, 3.8) is 0 Å². The first kappa shape index (κ1) is 13.0. The third-order valence-corrected chi connectivity index (χ3v) is 2.68. The number of carbonyl (C=O) groups excluding carboxylic acids is 1. The molecule has 0 saturated carbocycles. The van der Waals surface area contributed by atoms with E-state index >= 15 is 0 Å². The quantitative estimate of drug-likeness (QED) is 0.258. The second-order valence-corrected chi connectivity index (χ2v) is 3.79. The van der Waals surface area contributed by atoms with E-state index in [1.165, 1.54) is 18.5 Å². The van der Waals surface area contributed by atoms with Crippen LogP contribution in [-0.4, -0.2) is 32.5 Å². The molecule has 1 heterocycles. The first-order chi connectivity index (χ1) is 7.60. The van der Waals surface area contributed by atoms with Gasteiger partial charge in [0.25, 0.3) is 5.91 Å². The van der Waals surface area contributed by atoms with Gasteiger partial charge in [0.05, 0.1) is 11.7 Å². The number of hydrogen-bond acceptors (Lipinski definition) is 5. The Morgan fingerprint density at radius 2 is 2.25 bits per heavy atom. The lowest BCUT2D eigenvalue weighted by Gasteiger charge is -2.15. The normalized spacial score (nSPS) is 14.2. The molecule has 16 heavy (non-hydrogen) atoms. The maximum atomic E-state index is 11.2. The molecule has 0 radical (unpaired) electrons. The molecule has 1 aromatic rings. The zero-order chi connectivity index (χ0) is 12.1. The Labute approximate surface area is 101 Å². The largest absolute Gasteiger partial charge is 0.389 e. The van der Waals surface area contributed by atoms with Gasteiger partial charge in [-0.05, 0) is 6.07 Å². The number of pyridine rings is 1. The Balaban J connectivity index is 2.94. The number of hydrogen-bond donors (Lipinski definition) is 4. The second-order valence-electron chi connectivity index (χ2n) is 3.15. The minimum Gasteiger partial charge on any atom is -0.389 e. The lowest BCUT2D eigenvalue weighted by molar-refractivity contribution is 0.0340. The van der Waals surface area contributed by atoms with Crippen LogP contribution < -0.4 is 11.3 Å². The third kappa shape index (κ3) is 2.99. The summed E-state index contributed by atoms with van der Waals surface area (Å²) in [5, 5.41) is 19.3. The molecule has 1 aromatic heterocycles. The van der Waals surface area contributed by atoms with Crippen LogP contribution in [0.25, 0.3) is 0 Å². The Morgan fingerprint density at radius 3 is 2.81 bits per heavy atom. The number of aliphatic hydroxyl groups is 2. The van der Waals surface area contributed by atoms with Crippen molar-refractivity contribution in [1.29, 1.82) is 0 Å². The van der Waals surface area contributed by atoms with Gasteiger partial charge in [-0.15, -0.1) is 0 Å². The number of hydrazine groups is 1. The van der Waals surface area contributed by atoms with E-state index in [2.05, 4.69) is 20.9 Å². The Bertz CT molecular complexity index is 375. The van der Waals surface area contributed by atoms with Crippen molar-refractivity contribution >= 4 is 21.8 Å². The van der Waals surface area contributed by atoms with Crippen LogP contribution in [0.1, 0.15) is 22.0 Å². The van der Waals surface area contributed by atoms with Crippen molar-refractivity contribution < 1.29 is 15.0 Å². The summed E-state index contributed by atoms with van der Waals surface area (Å²) in [7, 11) is 0. The van der Waals surface area contributed by atoms with Gasteiger partial charge >= 0.3 is 0 Å². The fourth-order valence-corrected chi connectivity index (χ4v) is 1.49. The van der Waals surface area contributed by atoms with E-state index in [0.717, 1.165) is 0 Å². The van der Waals surface area contributed by atoms with E-state index in [9.17, 15) is 15.0 Å². The van der Waals surface area contributed by atoms with Crippen LogP contribution >= 0.6 is 15.9 Å². The van der Waals surface area contributed by atoms with Crippen molar-refractivity contribution in [2.75, 3.05) is 5.33 Å². The Morgan fingerprint density at radius 1 is 1.56 bits per heavy atom. The molecule has 0 aromatic carbocycles. The lowest BCUT2D eigenvalue weighted by Crippen LogP contribution is -2.30. The highest BCUT2D eigenvalue weighted by molar-refractivity contribution is 9.09. The number of alkyl halides is 1. The third-order valence-electron chi connectivity index (χ3n) is 2.02. The number of aromatic nitrogens is 1. The van der Waals surface area contributed by atoms with Crippen LogP contribution in [0.15, 0.2) is 18.5 Å². The fraction of sp³-hybridized carbons (Fsp3) is 0.333. The van der Waals surface area contributed by atoms with Gasteiger partial charge in [-0.2, -0.15) is 0 Å². The second kappa shape index (κ2) is 5.90. The predicted molar refractivity (Wildman–Crippen MR) is 60.7 cm³/mol. The average Bonchev–Trinajstić information content (AvgIpc) is 2.36. The number of nitrogens with two attached hydrogens (primary N) is 1. The molecule has 5 N–H and O–H groups in total. The number of aliphatic hydroxyl groups excluding tert-OH is 2. The maximum absolute atomic E-state index is 11.2. The lowest BCUT2D eigenvalue weighted by atomic mass is 10.1. The molecule has 1 rings (SSSR count). The van der Waals surface area contributed by atoms with Gasteiger partial charge in [-0.1, -0.05) is 15.9 Å². The molecule has 0 fully saturated rings. The SMILES string of the molecule is NNC(=O)c1cncc(C(O)C(O)CBr)c1. The highest BCUT2D eigenvalue weighted by atomic mass is 79.9. The van der Waals surface area contributed by atoms with E-state index in [-0.39, 0.29) is 10.9 Å². The number of nitrogen functional groups attached to an aromatic ring is 1. The maximum Gasteiger partial charge on any atom is 0.266 e. The fourth-order valence-electron chi connectivity index (χ4n) is 1.13. The van der Waals surface area contributed by atoms with E-state index in [0.29, 0.717) is 5.56 Å². The molecule has 6 nitrogen and oxygen atoms in total. The Hall–Kier alpha value is -1.02. The molecule has 0 bridgehead atoms. The summed E-state index contributed by atoms with van der Waals surface area (Å²) >= 11 is 3.04. The molecular weight excluding hydrogens is 278 g/mol. The highest BCUT2D eigenvalue weighted by Crippen LogP contribution is 2.18. The first-order valence-electron chi connectivity index (χ1n) is 4.48. The van der Waals surface area contributed by atoms with Crippen molar-refractivity contribution in [2.24, 2.45) is 5.84 Å². The van der Waals surface area contributed by atoms with Crippen LogP contribution in [-0.2, 0) is 0 Å². The minimum atomic E-state index is -1.10. The molecule has 2 atom stereocenters. The summed E-state index contributed by atoms with van der Waals surface area (Å²) in [6.45, 7) is 0. The minimum absolute atomic E-state index is 0.223. The smallest absolute Gasteiger partial charge is 0.266 e. The molecule has 0 spiro atoms. The van der Waals surface area contributed by atoms with Gasteiger partial charge in [0.15, 0.2) is 0 Å². The molecule has 0 aliphatic carbocycles. The standard InChI is InChI=1S/C9H12BrN3O3/c10-2-7(14)8(15)5-1-6(4-12-3-5)9(16)13-11/h1,3-4,7-8,14-15H,2,11H2,(H,13,16). The number of halogens is 1. The monoisotopic (exact) mass is 289 g/mol. The van der Waals surface area contributed by atoms with Crippen LogP contribution in [0.3, 0.4) is 0 Å². The van der Waals surface area contributed by atoms with Gasteiger partial charge < -0.3 is 10.2 Å². The summed E-state index contributed by atoms with van der Waals surface area (Å²) in [6.07, 6.45) is 0.637. The molecule has 88 valence electrons. The molecule has 0 aliphatic rings.